The summed E-state index contributed by atoms with van der Waals surface area (Å²) in [5, 5.41) is 0.325. The molecular weight excluding hydrogens is 803 g/mol. The summed E-state index contributed by atoms with van der Waals surface area (Å²) in [5.74, 6) is -3.71. The van der Waals surface area contributed by atoms with Crippen molar-refractivity contribution < 1.29 is 38.2 Å². The van der Waals surface area contributed by atoms with Crippen molar-refractivity contribution in [2.45, 2.75) is 44.3 Å². The molecule has 4 aliphatic rings. The molecular formula is C47H31NO8S3. The molecule has 2 saturated carbocycles. The molecule has 9 nitrogen and oxygen atoms in total. The van der Waals surface area contributed by atoms with Crippen LogP contribution >= 0.6 is 34.0 Å². The van der Waals surface area contributed by atoms with Gasteiger partial charge in [-0.25, -0.2) is 4.99 Å². The topological polar surface area (TPSA) is 133 Å². The Labute approximate surface area is 349 Å². The number of carbonyl (C=O) groups is 6. The van der Waals surface area contributed by atoms with Crippen molar-refractivity contribution in [1.29, 1.82) is 0 Å². The van der Waals surface area contributed by atoms with E-state index in [1.165, 1.54) is 34.0 Å². The fourth-order valence-corrected chi connectivity index (χ4v) is 12.5. The van der Waals surface area contributed by atoms with Crippen LogP contribution in [0.15, 0.2) is 113 Å². The van der Waals surface area contributed by atoms with Crippen molar-refractivity contribution in [3.63, 3.8) is 0 Å². The van der Waals surface area contributed by atoms with E-state index in [-0.39, 0.29) is 47.9 Å². The highest BCUT2D eigenvalue weighted by Gasteiger charge is 2.61. The van der Waals surface area contributed by atoms with Gasteiger partial charge in [0, 0.05) is 43.7 Å². The zero-order valence-corrected chi connectivity index (χ0v) is 33.6. The van der Waals surface area contributed by atoms with E-state index in [2.05, 4.69) is 10.7 Å². The van der Waals surface area contributed by atoms with Crippen LogP contribution in [0.5, 0.6) is 0 Å². The second-order valence-electron chi connectivity index (χ2n) is 14.9. The molecule has 12 heteroatoms. The third kappa shape index (κ3) is 5.97. The monoisotopic (exact) mass is 833 g/mol. The fourth-order valence-electron chi connectivity index (χ4n) is 8.64. The highest BCUT2D eigenvalue weighted by molar-refractivity contribution is 7.32. The van der Waals surface area contributed by atoms with Gasteiger partial charge in [-0.15, -0.1) is 39.7 Å². The predicted molar refractivity (Wildman–Crippen MR) is 225 cm³/mol. The summed E-state index contributed by atoms with van der Waals surface area (Å²) in [5.41, 5.74) is 3.51. The fraction of sp³-hybridized carbons (Fsp3) is 0.191. The van der Waals surface area contributed by atoms with Crippen molar-refractivity contribution >= 4 is 95.3 Å². The highest BCUT2D eigenvalue weighted by Crippen LogP contribution is 2.62. The maximum absolute atomic E-state index is 15.0. The highest BCUT2D eigenvalue weighted by atomic mass is 32.1. The minimum Gasteiger partial charge on any atom is -0.459 e. The summed E-state index contributed by atoms with van der Waals surface area (Å²) >= 11 is 3.87. The van der Waals surface area contributed by atoms with Crippen LogP contribution in [0.25, 0.3) is 25.2 Å². The van der Waals surface area contributed by atoms with Crippen LogP contribution in [0.4, 0.5) is 5.00 Å². The number of carbonyl (C=O) groups excluding carboxylic acids is 6. The summed E-state index contributed by atoms with van der Waals surface area (Å²) in [4.78, 5) is 89.9. The van der Waals surface area contributed by atoms with Gasteiger partial charge in [0.15, 0.2) is 17.3 Å². The largest absolute Gasteiger partial charge is 0.459 e. The minimum absolute atomic E-state index is 0.0636. The van der Waals surface area contributed by atoms with Gasteiger partial charge in [-0.05, 0) is 42.2 Å². The molecule has 0 N–H and O–H groups in total. The number of Topliss-reactive ketones (excluding diaryl/α,β-unsaturated/α-hetero) is 4. The molecule has 2 atom stereocenters. The van der Waals surface area contributed by atoms with Crippen molar-refractivity contribution in [2.24, 2.45) is 16.8 Å². The standard InChI is InChI=1S/C47H31NO8S3/c49-38-28-15-7-8-16-29(28)39(50)32(38)20-19-27-21-34-43(57-27)36-44(58-34)42-33(22-35(59-42)48-37-40(51)30-17-9-10-18-31(30)41(37)52)47(36,45(53)55-23-25-11-3-1-4-12-25)46(54)56-24-26-13-5-2-6-14-26/h1-8,11-16,19,21-22,30-31H,9-10,17-18,23-24H2. The van der Waals surface area contributed by atoms with Gasteiger partial charge in [0.25, 0.3) is 0 Å². The van der Waals surface area contributed by atoms with Crippen LogP contribution in [0.3, 0.4) is 0 Å². The lowest BCUT2D eigenvalue weighted by Gasteiger charge is -2.26. The number of ether oxygens (including phenoxy) is 2. The van der Waals surface area contributed by atoms with Gasteiger partial charge in [0.2, 0.25) is 17.0 Å². The number of esters is 2. The third-order valence-corrected chi connectivity index (χ3v) is 15.0. The van der Waals surface area contributed by atoms with E-state index in [0.717, 1.165) is 28.7 Å². The lowest BCUT2D eigenvalue weighted by Crippen LogP contribution is -2.45. The molecule has 0 spiro atoms. The van der Waals surface area contributed by atoms with E-state index in [9.17, 15) is 19.2 Å². The maximum Gasteiger partial charge on any atom is 0.333 e. The summed E-state index contributed by atoms with van der Waals surface area (Å²) < 4.78 is 13.5. The van der Waals surface area contributed by atoms with E-state index in [1.54, 1.807) is 36.4 Å². The van der Waals surface area contributed by atoms with E-state index in [0.29, 0.717) is 59.4 Å². The molecule has 2 unspecified atom stereocenters. The normalized spacial score (nSPS) is 18.6. The SMILES string of the molecule is O=C1C(=C=Cc2cc3sc4c(c3s2)C(C(=O)OCc2ccccc2)(C(=O)OCc2ccccc2)c2cc(N=C3C(=O)C5CCCCC5C3=O)sc2-4)C(=O)c2ccccc21. The number of thiophene rings is 3. The first-order valence-corrected chi connectivity index (χ1v) is 21.6. The Morgan fingerprint density at radius 3 is 1.85 bits per heavy atom. The van der Waals surface area contributed by atoms with Gasteiger partial charge < -0.3 is 9.47 Å². The number of ketones is 4. The molecule has 6 aromatic rings. The van der Waals surface area contributed by atoms with Gasteiger partial charge in [-0.1, -0.05) is 97.8 Å². The molecule has 290 valence electrons. The van der Waals surface area contributed by atoms with E-state index in [4.69, 9.17) is 9.47 Å². The number of hydrogen-bond acceptors (Lipinski definition) is 12. The molecule has 10 rings (SSSR count). The number of fused-ring (bicyclic) bond motifs is 7. The smallest absolute Gasteiger partial charge is 0.333 e. The summed E-state index contributed by atoms with van der Waals surface area (Å²) in [6, 6.07) is 28.4. The van der Waals surface area contributed by atoms with Crippen molar-refractivity contribution in [1.82, 2.24) is 0 Å². The third-order valence-electron chi connectivity index (χ3n) is 11.5. The van der Waals surface area contributed by atoms with E-state index >= 15 is 9.59 Å². The summed E-state index contributed by atoms with van der Waals surface area (Å²) in [7, 11) is 0. The molecule has 0 bridgehead atoms. The Kier molecular flexibility index (Phi) is 9.18. The van der Waals surface area contributed by atoms with Gasteiger partial charge in [0.1, 0.15) is 23.8 Å². The Morgan fingerprint density at radius 1 is 0.712 bits per heavy atom. The average Bonchev–Trinajstić information content (AvgIpc) is 4.09. The Morgan fingerprint density at radius 2 is 1.27 bits per heavy atom. The Bertz CT molecular complexity index is 2790. The lowest BCUT2D eigenvalue weighted by atomic mass is 9.79. The molecule has 59 heavy (non-hydrogen) atoms. The zero-order chi connectivity index (χ0) is 40.4. The second kappa shape index (κ2) is 14.6. The number of allylic oxidation sites excluding steroid dienone is 1. The molecule has 3 aromatic carbocycles. The Hall–Kier alpha value is -6.17. The van der Waals surface area contributed by atoms with Crippen molar-refractivity contribution in [3.05, 3.63) is 147 Å². The Balaban J connectivity index is 1.12. The van der Waals surface area contributed by atoms with Crippen molar-refractivity contribution in [2.75, 3.05) is 0 Å². The van der Waals surface area contributed by atoms with Crippen LogP contribution in [0.1, 0.15) is 73.5 Å². The number of nitrogens with zero attached hydrogens (tertiary/aromatic N) is 1. The number of rotatable bonds is 8. The second-order valence-corrected chi connectivity index (χ2v) is 18.1. The number of benzene rings is 3. The van der Waals surface area contributed by atoms with E-state index in [1.807, 2.05) is 66.7 Å². The quantitative estimate of drug-likeness (QED) is 0.0487. The molecule has 3 aromatic heterocycles. The maximum atomic E-state index is 15.0. The average molecular weight is 834 g/mol. The van der Waals surface area contributed by atoms with Gasteiger partial charge in [-0.2, -0.15) is 0 Å². The molecule has 0 amide bonds. The van der Waals surface area contributed by atoms with Gasteiger partial charge in [0.05, 0.1) is 14.5 Å². The number of aliphatic imine (C=N–C) groups is 1. The zero-order valence-electron chi connectivity index (χ0n) is 31.2. The molecule has 0 radical (unpaired) electrons. The first-order valence-electron chi connectivity index (χ1n) is 19.2. The molecule has 3 heterocycles. The first-order chi connectivity index (χ1) is 28.7. The minimum atomic E-state index is -2.11. The van der Waals surface area contributed by atoms with Gasteiger partial charge in [-0.3, -0.25) is 28.8 Å². The molecule has 0 aliphatic heterocycles. The summed E-state index contributed by atoms with van der Waals surface area (Å²) in [6.07, 6.45) is 4.66. The van der Waals surface area contributed by atoms with E-state index < -0.39 is 28.9 Å². The first kappa shape index (κ1) is 37.1. The van der Waals surface area contributed by atoms with Gasteiger partial charge >= 0.3 is 11.9 Å². The van der Waals surface area contributed by atoms with Crippen LogP contribution in [-0.4, -0.2) is 40.8 Å². The van der Waals surface area contributed by atoms with Crippen LogP contribution in [0.2, 0.25) is 0 Å². The van der Waals surface area contributed by atoms with Crippen LogP contribution in [0, 0.1) is 11.8 Å². The summed E-state index contributed by atoms with van der Waals surface area (Å²) in [6.45, 7) is -0.236. The van der Waals surface area contributed by atoms with Crippen LogP contribution < -0.4 is 0 Å². The number of hydrogen-bond donors (Lipinski definition) is 0. The van der Waals surface area contributed by atoms with Crippen molar-refractivity contribution in [3.8, 4) is 9.75 Å². The lowest BCUT2D eigenvalue weighted by molar-refractivity contribution is -0.164. The molecule has 4 aliphatic carbocycles. The van der Waals surface area contributed by atoms with Crippen LogP contribution in [-0.2, 0) is 47.3 Å². The molecule has 2 fully saturated rings. The molecule has 0 saturated heterocycles. The predicted octanol–water partition coefficient (Wildman–Crippen LogP) is 9.43.